The van der Waals surface area contributed by atoms with Gasteiger partial charge in [0.2, 0.25) is 0 Å². The molecule has 0 aromatic carbocycles. The Morgan fingerprint density at radius 3 is 2.82 bits per heavy atom. The van der Waals surface area contributed by atoms with E-state index < -0.39 is 11.4 Å². The maximum atomic E-state index is 9.79. The summed E-state index contributed by atoms with van der Waals surface area (Å²) in [6.45, 7) is 3.96. The summed E-state index contributed by atoms with van der Waals surface area (Å²) < 4.78 is 23.8. The smallest absolute Gasteiger partial charge is 1.00 e. The summed E-state index contributed by atoms with van der Waals surface area (Å²) in [4.78, 5) is 0. The Labute approximate surface area is 93.3 Å². The van der Waals surface area contributed by atoms with E-state index in [9.17, 15) is 8.76 Å². The van der Waals surface area contributed by atoms with Crippen molar-refractivity contribution in [1.82, 2.24) is 5.32 Å². The van der Waals surface area contributed by atoms with Gasteiger partial charge in [0.1, 0.15) is 0 Å². The van der Waals surface area contributed by atoms with E-state index in [0.29, 0.717) is 0 Å². The van der Waals surface area contributed by atoms with Crippen LogP contribution in [0.2, 0.25) is 0 Å². The van der Waals surface area contributed by atoms with Gasteiger partial charge in [-0.15, -0.1) is 0 Å². The largest absolute Gasteiger partial charge is 1.00 e. The Bertz CT molecular complexity index is 109. The number of hydrogen-bond donors (Lipinski definition) is 1. The Kier molecular flexibility index (Phi) is 14.6. The van der Waals surface area contributed by atoms with Gasteiger partial charge in [-0.1, -0.05) is 6.92 Å². The SMILES string of the molecule is CCNCCCOS(=O)[O-].[H-].[Na+]. The van der Waals surface area contributed by atoms with Gasteiger partial charge in [0.05, 0.1) is 18.0 Å². The third-order valence-corrected chi connectivity index (χ3v) is 1.29. The molecule has 0 spiro atoms. The van der Waals surface area contributed by atoms with Gasteiger partial charge in [-0.2, -0.15) is 0 Å². The van der Waals surface area contributed by atoms with Crippen LogP contribution in [-0.4, -0.2) is 28.5 Å². The van der Waals surface area contributed by atoms with Crippen LogP contribution in [0.25, 0.3) is 0 Å². The van der Waals surface area contributed by atoms with E-state index in [-0.39, 0.29) is 37.6 Å². The van der Waals surface area contributed by atoms with Crippen molar-refractivity contribution in [1.29, 1.82) is 0 Å². The van der Waals surface area contributed by atoms with E-state index in [1.807, 2.05) is 6.92 Å². The van der Waals surface area contributed by atoms with Gasteiger partial charge in [-0.05, 0) is 19.5 Å². The molecule has 0 rings (SSSR count). The first kappa shape index (κ1) is 14.5. The molecular weight excluding hydrogens is 177 g/mol. The zero-order valence-electron chi connectivity index (χ0n) is 7.96. The van der Waals surface area contributed by atoms with Gasteiger partial charge < -0.3 is 15.5 Å². The fourth-order valence-corrected chi connectivity index (χ4v) is 0.755. The molecule has 0 aliphatic rings. The third-order valence-electron chi connectivity index (χ3n) is 0.927. The maximum Gasteiger partial charge on any atom is 1.00 e. The molecule has 0 saturated heterocycles. The van der Waals surface area contributed by atoms with Crippen LogP contribution >= 0.6 is 0 Å². The van der Waals surface area contributed by atoms with Crippen molar-refractivity contribution in [2.75, 3.05) is 19.7 Å². The maximum absolute atomic E-state index is 9.79. The van der Waals surface area contributed by atoms with Crippen LogP contribution in [0.1, 0.15) is 14.8 Å². The molecule has 0 radical (unpaired) electrons. The topological polar surface area (TPSA) is 61.4 Å². The molecule has 1 unspecified atom stereocenters. The van der Waals surface area contributed by atoms with Crippen molar-refractivity contribution in [3.8, 4) is 0 Å². The van der Waals surface area contributed by atoms with Gasteiger partial charge in [-0.25, -0.2) is 4.21 Å². The van der Waals surface area contributed by atoms with E-state index in [4.69, 9.17) is 0 Å². The van der Waals surface area contributed by atoms with E-state index in [2.05, 4.69) is 9.50 Å². The van der Waals surface area contributed by atoms with E-state index in [1.54, 1.807) is 0 Å². The Balaban J connectivity index is -0.000000405. The van der Waals surface area contributed by atoms with Crippen molar-refractivity contribution < 1.29 is 43.9 Å². The van der Waals surface area contributed by atoms with Crippen LogP contribution in [0.5, 0.6) is 0 Å². The standard InChI is InChI=1S/C5H13NO3S.Na.H/c1-2-6-4-3-5-9-10(7)8;;/h6H,2-5H2,1H3,(H,7,8);;/q;+1;-1/p-1. The van der Waals surface area contributed by atoms with E-state index >= 15 is 0 Å². The first-order valence-corrected chi connectivity index (χ1v) is 4.20. The van der Waals surface area contributed by atoms with Gasteiger partial charge in [0, 0.05) is 0 Å². The minimum absolute atomic E-state index is 0. The van der Waals surface area contributed by atoms with Crippen LogP contribution in [-0.2, 0) is 15.5 Å². The van der Waals surface area contributed by atoms with Gasteiger partial charge in [-0.3, -0.25) is 0 Å². The fourth-order valence-electron chi connectivity index (χ4n) is 0.501. The van der Waals surface area contributed by atoms with Crippen LogP contribution in [0.15, 0.2) is 0 Å². The molecule has 0 heterocycles. The van der Waals surface area contributed by atoms with E-state index in [1.165, 1.54) is 0 Å². The normalized spacial score (nSPS) is 12.2. The molecule has 1 N–H and O–H groups in total. The monoisotopic (exact) mass is 190 g/mol. The summed E-state index contributed by atoms with van der Waals surface area (Å²) in [5.74, 6) is 0. The minimum Gasteiger partial charge on any atom is -1.00 e. The first-order chi connectivity index (χ1) is 4.77. The predicted molar refractivity (Wildman–Crippen MR) is 39.1 cm³/mol. The molecule has 6 heteroatoms. The fraction of sp³-hybridized carbons (Fsp3) is 1.00. The average Bonchev–Trinajstić information content (AvgIpc) is 1.87. The summed E-state index contributed by atoms with van der Waals surface area (Å²) in [5.41, 5.74) is 0. The molecule has 0 aliphatic carbocycles. The van der Waals surface area contributed by atoms with Crippen molar-refractivity contribution in [3.63, 3.8) is 0 Å². The summed E-state index contributed by atoms with van der Waals surface area (Å²) >= 11 is -2.35. The van der Waals surface area contributed by atoms with Crippen LogP contribution in [0.3, 0.4) is 0 Å². The Morgan fingerprint density at radius 1 is 1.73 bits per heavy atom. The molecule has 0 saturated carbocycles. The molecule has 0 bridgehead atoms. The molecule has 0 aliphatic heterocycles. The molecular formula is C5H13NNaO3S-. The van der Waals surface area contributed by atoms with Crippen LogP contribution < -0.4 is 34.9 Å². The molecule has 0 fully saturated rings. The van der Waals surface area contributed by atoms with Gasteiger partial charge in [0.15, 0.2) is 0 Å². The summed E-state index contributed by atoms with van der Waals surface area (Å²) in [7, 11) is 0. The van der Waals surface area contributed by atoms with E-state index in [0.717, 1.165) is 19.5 Å². The molecule has 0 aromatic rings. The Hall–Kier alpha value is 1.03. The van der Waals surface area contributed by atoms with Crippen molar-refractivity contribution in [3.05, 3.63) is 0 Å². The second-order valence-electron chi connectivity index (χ2n) is 1.73. The third kappa shape index (κ3) is 13.9. The second kappa shape index (κ2) is 11.0. The first-order valence-electron chi connectivity index (χ1n) is 3.20. The molecule has 4 nitrogen and oxygen atoms in total. The molecule has 0 aromatic heterocycles. The number of rotatable bonds is 6. The second-order valence-corrected chi connectivity index (χ2v) is 2.38. The van der Waals surface area contributed by atoms with Gasteiger partial charge in [0.25, 0.3) is 0 Å². The van der Waals surface area contributed by atoms with Crippen LogP contribution in [0.4, 0.5) is 0 Å². The zero-order valence-corrected chi connectivity index (χ0v) is 9.78. The van der Waals surface area contributed by atoms with Crippen LogP contribution in [0, 0.1) is 0 Å². The Morgan fingerprint density at radius 2 is 2.36 bits per heavy atom. The summed E-state index contributed by atoms with van der Waals surface area (Å²) in [6.07, 6.45) is 0.724. The average molecular weight is 190 g/mol. The molecule has 64 valence electrons. The minimum atomic E-state index is -2.35. The zero-order chi connectivity index (χ0) is 7.82. The number of hydrogen-bond acceptors (Lipinski definition) is 4. The quantitative estimate of drug-likeness (QED) is 0.274. The molecule has 1 atom stereocenters. The predicted octanol–water partition coefficient (Wildman–Crippen LogP) is -3.09. The van der Waals surface area contributed by atoms with Gasteiger partial charge >= 0.3 is 29.6 Å². The number of nitrogens with one attached hydrogen (secondary N) is 1. The van der Waals surface area contributed by atoms with Crippen molar-refractivity contribution >= 4 is 11.4 Å². The van der Waals surface area contributed by atoms with Crippen molar-refractivity contribution in [2.24, 2.45) is 0 Å². The molecule has 0 amide bonds. The summed E-state index contributed by atoms with van der Waals surface area (Å²) in [6, 6.07) is 0. The summed E-state index contributed by atoms with van der Waals surface area (Å²) in [5, 5.41) is 3.04. The van der Waals surface area contributed by atoms with Crippen molar-refractivity contribution in [2.45, 2.75) is 13.3 Å². The molecule has 11 heavy (non-hydrogen) atoms.